The molecule has 3 heteroatoms. The first-order valence-electron chi connectivity index (χ1n) is 12.0. The number of nitrogens with zero attached hydrogens (tertiary/aromatic N) is 3. The molecule has 4 aromatic rings. The lowest BCUT2D eigenvalue weighted by atomic mass is 9.92. The Kier molecular flexibility index (Phi) is 4.45. The van der Waals surface area contributed by atoms with Gasteiger partial charge in [-0.1, -0.05) is 76.2 Å². The number of para-hydroxylation sites is 2. The van der Waals surface area contributed by atoms with E-state index in [-0.39, 0.29) is 0 Å². The molecule has 0 unspecified atom stereocenters. The lowest BCUT2D eigenvalue weighted by Crippen LogP contribution is -2.29. The van der Waals surface area contributed by atoms with Gasteiger partial charge < -0.3 is 14.7 Å². The van der Waals surface area contributed by atoms with Crippen LogP contribution in [0.15, 0.2) is 72.8 Å². The molecule has 0 saturated carbocycles. The van der Waals surface area contributed by atoms with Crippen LogP contribution in [-0.4, -0.2) is 13.7 Å². The molecule has 0 aromatic heterocycles. The fourth-order valence-corrected chi connectivity index (χ4v) is 5.61. The maximum absolute atomic E-state index is 2.56. The highest BCUT2D eigenvalue weighted by molar-refractivity contribution is 6.06. The first-order valence-corrected chi connectivity index (χ1v) is 12.0. The van der Waals surface area contributed by atoms with Crippen LogP contribution in [0.3, 0.4) is 0 Å². The molecule has 166 valence electrons. The maximum Gasteiger partial charge on any atom is 0.100 e. The van der Waals surface area contributed by atoms with E-state index in [1.54, 1.807) is 0 Å². The Morgan fingerprint density at radius 1 is 0.576 bits per heavy atom. The number of benzene rings is 4. The second-order valence-electron chi connectivity index (χ2n) is 9.98. The molecule has 0 fully saturated rings. The Bertz CT molecular complexity index is 1360. The first kappa shape index (κ1) is 20.2. The topological polar surface area (TPSA) is 9.72 Å². The van der Waals surface area contributed by atoms with Crippen LogP contribution in [0.1, 0.15) is 50.7 Å². The molecule has 0 bridgehead atoms. The predicted molar refractivity (Wildman–Crippen MR) is 142 cm³/mol. The monoisotopic (exact) mass is 433 g/mol. The van der Waals surface area contributed by atoms with Crippen molar-refractivity contribution in [2.75, 3.05) is 28.4 Å². The zero-order chi connectivity index (χ0) is 22.9. The number of fused-ring (bicyclic) bond motifs is 3. The van der Waals surface area contributed by atoms with E-state index >= 15 is 0 Å². The predicted octanol–water partition coefficient (Wildman–Crippen LogP) is 8.42. The smallest absolute Gasteiger partial charge is 0.100 e. The molecule has 0 radical (unpaired) electrons. The van der Waals surface area contributed by atoms with Gasteiger partial charge in [-0.2, -0.15) is 0 Å². The molecule has 0 spiro atoms. The molecular weight excluding hydrogens is 402 g/mol. The summed E-state index contributed by atoms with van der Waals surface area (Å²) < 4.78 is 0. The molecule has 33 heavy (non-hydrogen) atoms. The molecule has 3 nitrogen and oxygen atoms in total. The molecule has 0 amide bonds. The molecular formula is C30H31N3. The van der Waals surface area contributed by atoms with E-state index in [4.69, 9.17) is 0 Å². The summed E-state index contributed by atoms with van der Waals surface area (Å²) in [7, 11) is 2.20. The van der Waals surface area contributed by atoms with E-state index in [1.807, 2.05) is 0 Å². The van der Waals surface area contributed by atoms with Crippen molar-refractivity contribution < 1.29 is 0 Å². The average Bonchev–Trinajstić information content (AvgIpc) is 3.21. The summed E-state index contributed by atoms with van der Waals surface area (Å²) in [6.45, 7) is 10.1. The van der Waals surface area contributed by atoms with Crippen LogP contribution in [0.4, 0.5) is 34.1 Å². The minimum atomic E-state index is 0.461. The molecule has 2 heterocycles. The highest BCUT2D eigenvalue weighted by Crippen LogP contribution is 2.57. The van der Waals surface area contributed by atoms with E-state index in [2.05, 4.69) is 122 Å². The summed E-state index contributed by atoms with van der Waals surface area (Å²) >= 11 is 0. The Labute approximate surface area is 196 Å². The van der Waals surface area contributed by atoms with Gasteiger partial charge in [0.25, 0.3) is 0 Å². The zero-order valence-electron chi connectivity index (χ0n) is 20.1. The summed E-state index contributed by atoms with van der Waals surface area (Å²) in [6, 6.07) is 27.0. The standard InChI is InChI=1S/C30H31N3/c1-19(2)23-12-8-13-24(20(3)4)29(23)32-18-33-28-17-22-11-7-6-10-21(22)16-27(28)31(5)25-14-9-15-26(32)30(25)33/h6-17,19-20H,18H2,1-5H3. The molecule has 0 aliphatic carbocycles. The SMILES string of the molecule is CC(C)c1cccc(C(C)C)c1N1CN2c3cc4ccccc4cc3N(C)c3cccc1c32. The maximum atomic E-state index is 2.56. The number of hydrogen-bond donors (Lipinski definition) is 0. The van der Waals surface area contributed by atoms with E-state index in [1.165, 1.54) is 56.0 Å². The third-order valence-electron chi connectivity index (χ3n) is 7.31. The van der Waals surface area contributed by atoms with E-state index < -0.39 is 0 Å². The minimum absolute atomic E-state index is 0.461. The Morgan fingerprint density at radius 2 is 1.12 bits per heavy atom. The van der Waals surface area contributed by atoms with Crippen LogP contribution < -0.4 is 14.7 Å². The van der Waals surface area contributed by atoms with Gasteiger partial charge in [0.15, 0.2) is 0 Å². The van der Waals surface area contributed by atoms with E-state index in [0.717, 1.165) is 6.67 Å². The molecule has 0 atom stereocenters. The molecule has 2 aliphatic rings. The summed E-state index contributed by atoms with van der Waals surface area (Å²) in [5.74, 6) is 0.923. The van der Waals surface area contributed by atoms with Crippen LogP contribution in [0.2, 0.25) is 0 Å². The third-order valence-corrected chi connectivity index (χ3v) is 7.31. The van der Waals surface area contributed by atoms with Crippen LogP contribution >= 0.6 is 0 Å². The van der Waals surface area contributed by atoms with Gasteiger partial charge in [-0.3, -0.25) is 0 Å². The summed E-state index contributed by atoms with van der Waals surface area (Å²) in [5.41, 5.74) is 10.7. The van der Waals surface area contributed by atoms with Crippen molar-refractivity contribution in [1.29, 1.82) is 0 Å². The van der Waals surface area contributed by atoms with Crippen molar-refractivity contribution >= 4 is 44.9 Å². The van der Waals surface area contributed by atoms with Crippen molar-refractivity contribution in [1.82, 2.24) is 0 Å². The van der Waals surface area contributed by atoms with E-state index in [9.17, 15) is 0 Å². The van der Waals surface area contributed by atoms with Crippen LogP contribution in [0, 0.1) is 0 Å². The van der Waals surface area contributed by atoms with Crippen LogP contribution in [0.25, 0.3) is 10.8 Å². The minimum Gasteiger partial charge on any atom is -0.341 e. The van der Waals surface area contributed by atoms with Crippen LogP contribution in [0.5, 0.6) is 0 Å². The quantitative estimate of drug-likeness (QED) is 0.321. The van der Waals surface area contributed by atoms with Gasteiger partial charge in [0.1, 0.15) is 6.67 Å². The highest BCUT2D eigenvalue weighted by atomic mass is 15.4. The zero-order valence-corrected chi connectivity index (χ0v) is 20.1. The van der Waals surface area contributed by atoms with Gasteiger partial charge in [0.2, 0.25) is 0 Å². The molecule has 4 aromatic carbocycles. The van der Waals surface area contributed by atoms with Crippen molar-refractivity contribution in [3.63, 3.8) is 0 Å². The van der Waals surface area contributed by atoms with Gasteiger partial charge in [0.05, 0.1) is 28.4 Å². The van der Waals surface area contributed by atoms with Gasteiger partial charge >= 0.3 is 0 Å². The van der Waals surface area contributed by atoms with Crippen molar-refractivity contribution in [3.8, 4) is 0 Å². The fourth-order valence-electron chi connectivity index (χ4n) is 5.61. The van der Waals surface area contributed by atoms with Crippen LogP contribution in [-0.2, 0) is 0 Å². The molecule has 2 aliphatic heterocycles. The number of rotatable bonds is 3. The lowest BCUT2D eigenvalue weighted by molar-refractivity contribution is 0.818. The first-order chi connectivity index (χ1) is 16.0. The summed E-state index contributed by atoms with van der Waals surface area (Å²) in [6.07, 6.45) is 0. The number of hydrogen-bond acceptors (Lipinski definition) is 3. The summed E-state index contributed by atoms with van der Waals surface area (Å²) in [5, 5.41) is 2.57. The van der Waals surface area contributed by atoms with Crippen molar-refractivity contribution in [3.05, 3.63) is 83.9 Å². The normalized spacial score (nSPS) is 14.5. The highest BCUT2D eigenvalue weighted by Gasteiger charge is 2.38. The Balaban J connectivity index is 1.60. The van der Waals surface area contributed by atoms with Gasteiger partial charge in [-0.05, 0) is 58.0 Å². The van der Waals surface area contributed by atoms with Gasteiger partial charge in [0, 0.05) is 12.7 Å². The van der Waals surface area contributed by atoms with Gasteiger partial charge in [-0.15, -0.1) is 0 Å². The molecule has 0 saturated heterocycles. The molecule has 6 rings (SSSR count). The Hall–Kier alpha value is -3.46. The Morgan fingerprint density at radius 3 is 1.76 bits per heavy atom. The second kappa shape index (κ2) is 7.28. The third kappa shape index (κ3) is 2.88. The largest absolute Gasteiger partial charge is 0.341 e. The lowest BCUT2D eigenvalue weighted by Gasteiger charge is -2.35. The second-order valence-corrected chi connectivity index (χ2v) is 9.98. The molecule has 0 N–H and O–H groups in total. The van der Waals surface area contributed by atoms with Gasteiger partial charge in [-0.25, -0.2) is 0 Å². The fraction of sp³-hybridized carbons (Fsp3) is 0.267. The van der Waals surface area contributed by atoms with Crippen molar-refractivity contribution in [2.24, 2.45) is 0 Å². The van der Waals surface area contributed by atoms with E-state index in [0.29, 0.717) is 11.8 Å². The van der Waals surface area contributed by atoms with Crippen molar-refractivity contribution in [2.45, 2.75) is 39.5 Å². The average molecular weight is 434 g/mol. The number of anilines is 6. The summed E-state index contributed by atoms with van der Waals surface area (Å²) in [4.78, 5) is 7.44.